The summed E-state index contributed by atoms with van der Waals surface area (Å²) in [6.45, 7) is 7.39. The van der Waals surface area contributed by atoms with Crippen LogP contribution < -0.4 is 16.0 Å². The van der Waals surface area contributed by atoms with Gasteiger partial charge in [0.15, 0.2) is 0 Å². The Morgan fingerprint density at radius 2 is 2.06 bits per heavy atom. The molecule has 6 nitrogen and oxygen atoms in total. The molecule has 1 fully saturated rings. The number of hydrogen-bond donors (Lipinski definition) is 2. The van der Waals surface area contributed by atoms with E-state index in [0.29, 0.717) is 5.95 Å². The van der Waals surface area contributed by atoms with E-state index in [1.165, 1.54) is 0 Å². The number of anilines is 3. The van der Waals surface area contributed by atoms with E-state index in [1.807, 2.05) is 13.1 Å². The summed E-state index contributed by atoms with van der Waals surface area (Å²) in [6.07, 6.45) is 0. The minimum absolute atomic E-state index is 0.137. The Labute approximate surface area is 108 Å². The van der Waals surface area contributed by atoms with E-state index in [2.05, 4.69) is 46.0 Å². The van der Waals surface area contributed by atoms with Gasteiger partial charge < -0.3 is 16.0 Å². The predicted octanol–water partition coefficient (Wildman–Crippen LogP) is 0.631. The van der Waals surface area contributed by atoms with E-state index in [4.69, 9.17) is 5.73 Å². The fourth-order valence-electron chi connectivity index (χ4n) is 2.18. The summed E-state index contributed by atoms with van der Waals surface area (Å²) in [6, 6.07) is 1.94. The quantitative estimate of drug-likeness (QED) is 0.802. The van der Waals surface area contributed by atoms with Crippen molar-refractivity contribution in [3.05, 3.63) is 6.07 Å². The molecule has 0 atom stereocenters. The number of nitrogens with two attached hydrogens (primary N) is 1. The molecule has 0 amide bonds. The van der Waals surface area contributed by atoms with Gasteiger partial charge in [-0.2, -0.15) is 9.97 Å². The number of nitrogens with zero attached hydrogens (tertiary/aromatic N) is 4. The average molecular weight is 250 g/mol. The van der Waals surface area contributed by atoms with Crippen LogP contribution in [-0.4, -0.2) is 54.1 Å². The molecule has 1 aromatic rings. The first-order valence-corrected chi connectivity index (χ1v) is 6.21. The van der Waals surface area contributed by atoms with Crippen molar-refractivity contribution in [2.24, 2.45) is 0 Å². The fraction of sp³-hybridized carbons (Fsp3) is 0.667. The number of likely N-dealkylation sites (N-methyl/N-ethyl adjacent to an activating group) is 1. The summed E-state index contributed by atoms with van der Waals surface area (Å²) in [5, 5.41) is 3.01. The van der Waals surface area contributed by atoms with Gasteiger partial charge in [-0.25, -0.2) is 0 Å². The number of piperazine rings is 1. The Hall–Kier alpha value is -1.56. The largest absolute Gasteiger partial charge is 0.373 e. The zero-order chi connectivity index (χ0) is 13.3. The topological polar surface area (TPSA) is 70.3 Å². The lowest BCUT2D eigenvalue weighted by Gasteiger charge is -2.45. The summed E-state index contributed by atoms with van der Waals surface area (Å²) in [5.74, 6) is 1.97. The highest BCUT2D eigenvalue weighted by Crippen LogP contribution is 2.24. The summed E-state index contributed by atoms with van der Waals surface area (Å²) < 4.78 is 0. The number of aromatic nitrogens is 2. The molecule has 3 N–H and O–H groups in total. The van der Waals surface area contributed by atoms with Crippen molar-refractivity contribution in [2.45, 2.75) is 19.4 Å². The van der Waals surface area contributed by atoms with E-state index in [9.17, 15) is 0 Å². The van der Waals surface area contributed by atoms with Crippen molar-refractivity contribution in [3.63, 3.8) is 0 Å². The van der Waals surface area contributed by atoms with Crippen LogP contribution in [0.3, 0.4) is 0 Å². The molecule has 0 aromatic carbocycles. The van der Waals surface area contributed by atoms with Gasteiger partial charge in [0, 0.05) is 38.3 Å². The van der Waals surface area contributed by atoms with Gasteiger partial charge in [-0.05, 0) is 20.9 Å². The van der Waals surface area contributed by atoms with Crippen molar-refractivity contribution in [2.75, 3.05) is 49.7 Å². The van der Waals surface area contributed by atoms with Gasteiger partial charge in [0.2, 0.25) is 5.95 Å². The monoisotopic (exact) mass is 250 g/mol. The molecular formula is C12H22N6. The van der Waals surface area contributed by atoms with E-state index in [-0.39, 0.29) is 5.54 Å². The minimum atomic E-state index is 0.137. The van der Waals surface area contributed by atoms with Crippen molar-refractivity contribution in [1.29, 1.82) is 0 Å². The fourth-order valence-corrected chi connectivity index (χ4v) is 2.18. The molecule has 0 spiro atoms. The minimum Gasteiger partial charge on any atom is -0.373 e. The van der Waals surface area contributed by atoms with E-state index in [0.717, 1.165) is 31.3 Å². The van der Waals surface area contributed by atoms with Gasteiger partial charge >= 0.3 is 0 Å². The predicted molar refractivity (Wildman–Crippen MR) is 74.9 cm³/mol. The molecule has 1 aromatic heterocycles. The molecule has 0 bridgehead atoms. The maximum absolute atomic E-state index is 5.74. The first-order chi connectivity index (χ1) is 8.42. The first kappa shape index (κ1) is 12.9. The maximum atomic E-state index is 5.74. The number of nitrogens with one attached hydrogen (secondary N) is 1. The molecule has 1 aliphatic heterocycles. The summed E-state index contributed by atoms with van der Waals surface area (Å²) in [4.78, 5) is 13.1. The number of rotatable bonds is 2. The lowest BCUT2D eigenvalue weighted by Crippen LogP contribution is -2.57. The van der Waals surface area contributed by atoms with Crippen LogP contribution in [0.5, 0.6) is 0 Å². The van der Waals surface area contributed by atoms with Crippen LogP contribution in [0, 0.1) is 0 Å². The highest BCUT2D eigenvalue weighted by molar-refractivity contribution is 5.52. The number of hydrogen-bond acceptors (Lipinski definition) is 6. The molecule has 6 heteroatoms. The highest BCUT2D eigenvalue weighted by Gasteiger charge is 2.31. The molecule has 2 rings (SSSR count). The van der Waals surface area contributed by atoms with Crippen molar-refractivity contribution in [1.82, 2.24) is 14.9 Å². The van der Waals surface area contributed by atoms with Crippen LogP contribution in [-0.2, 0) is 0 Å². The van der Waals surface area contributed by atoms with Crippen LogP contribution in [0.15, 0.2) is 6.07 Å². The summed E-state index contributed by atoms with van der Waals surface area (Å²) in [7, 11) is 3.99. The SMILES string of the molecule is CNc1cc(N2CCN(C)C(C)(C)C2)nc(N)n1. The Morgan fingerprint density at radius 1 is 1.33 bits per heavy atom. The smallest absolute Gasteiger partial charge is 0.223 e. The normalized spacial score (nSPS) is 19.9. The van der Waals surface area contributed by atoms with Gasteiger partial charge in [-0.1, -0.05) is 0 Å². The lowest BCUT2D eigenvalue weighted by atomic mass is 10.00. The second-order valence-electron chi connectivity index (χ2n) is 5.38. The molecule has 2 heterocycles. The maximum Gasteiger partial charge on any atom is 0.223 e. The molecular weight excluding hydrogens is 228 g/mol. The second kappa shape index (κ2) is 4.61. The van der Waals surface area contributed by atoms with Gasteiger partial charge in [0.05, 0.1) is 0 Å². The van der Waals surface area contributed by atoms with E-state index >= 15 is 0 Å². The van der Waals surface area contributed by atoms with Crippen LogP contribution in [0.1, 0.15) is 13.8 Å². The molecule has 0 saturated carbocycles. The molecule has 1 aliphatic rings. The van der Waals surface area contributed by atoms with E-state index < -0.39 is 0 Å². The average Bonchev–Trinajstić information content (AvgIpc) is 2.31. The standard InChI is InChI=1S/C12H22N6/c1-12(2)8-18(6-5-17(12)4)10-7-9(14-3)15-11(13)16-10/h7H,5-6,8H2,1-4H3,(H3,13,14,15,16). The molecule has 0 aliphatic carbocycles. The highest BCUT2D eigenvalue weighted by atomic mass is 15.3. The zero-order valence-corrected chi connectivity index (χ0v) is 11.6. The van der Waals surface area contributed by atoms with Crippen LogP contribution in [0.25, 0.3) is 0 Å². The van der Waals surface area contributed by atoms with Gasteiger partial charge in [-0.3, -0.25) is 4.90 Å². The summed E-state index contributed by atoms with van der Waals surface area (Å²) >= 11 is 0. The Bertz CT molecular complexity index is 431. The Balaban J connectivity index is 2.24. The van der Waals surface area contributed by atoms with E-state index in [1.54, 1.807) is 0 Å². The Kier molecular flexibility index (Phi) is 3.30. The third-order valence-corrected chi connectivity index (χ3v) is 3.63. The van der Waals surface area contributed by atoms with Gasteiger partial charge in [0.25, 0.3) is 0 Å². The zero-order valence-electron chi connectivity index (χ0n) is 11.6. The number of nitrogen functional groups attached to an aromatic ring is 1. The third kappa shape index (κ3) is 2.48. The van der Waals surface area contributed by atoms with Crippen LogP contribution >= 0.6 is 0 Å². The molecule has 100 valence electrons. The molecule has 0 radical (unpaired) electrons. The molecule has 18 heavy (non-hydrogen) atoms. The lowest BCUT2D eigenvalue weighted by molar-refractivity contribution is 0.138. The van der Waals surface area contributed by atoms with Gasteiger partial charge in [-0.15, -0.1) is 0 Å². The Morgan fingerprint density at radius 3 is 2.67 bits per heavy atom. The van der Waals surface area contributed by atoms with Gasteiger partial charge in [0.1, 0.15) is 11.6 Å². The third-order valence-electron chi connectivity index (χ3n) is 3.63. The summed E-state index contributed by atoms with van der Waals surface area (Å²) in [5.41, 5.74) is 5.87. The van der Waals surface area contributed by atoms with Crippen molar-refractivity contribution >= 4 is 17.6 Å². The van der Waals surface area contributed by atoms with Crippen molar-refractivity contribution < 1.29 is 0 Å². The first-order valence-electron chi connectivity index (χ1n) is 6.21. The molecule has 0 unspecified atom stereocenters. The van der Waals surface area contributed by atoms with Crippen molar-refractivity contribution in [3.8, 4) is 0 Å². The molecule has 1 saturated heterocycles. The van der Waals surface area contributed by atoms with Crippen LogP contribution in [0.4, 0.5) is 17.6 Å². The second-order valence-corrected chi connectivity index (χ2v) is 5.38. The van der Waals surface area contributed by atoms with Crippen LogP contribution in [0.2, 0.25) is 0 Å².